The van der Waals surface area contributed by atoms with E-state index in [0.717, 1.165) is 12.0 Å². The number of rotatable bonds is 6. The van der Waals surface area contributed by atoms with E-state index in [1.165, 1.54) is 6.07 Å². The molecule has 1 aromatic rings. The van der Waals surface area contributed by atoms with Crippen LogP contribution in [0.25, 0.3) is 0 Å². The molecule has 5 heteroatoms. The fourth-order valence-electron chi connectivity index (χ4n) is 1.86. The van der Waals surface area contributed by atoms with Gasteiger partial charge in [0.15, 0.2) is 0 Å². The lowest BCUT2D eigenvalue weighted by Gasteiger charge is -2.24. The van der Waals surface area contributed by atoms with Crippen LogP contribution in [0.2, 0.25) is 5.02 Å². The van der Waals surface area contributed by atoms with Crippen LogP contribution in [0.4, 0.5) is 4.39 Å². The van der Waals surface area contributed by atoms with Gasteiger partial charge >= 0.3 is 0 Å². The summed E-state index contributed by atoms with van der Waals surface area (Å²) in [7, 11) is 1.63. The van der Waals surface area contributed by atoms with Crippen molar-refractivity contribution < 1.29 is 9.13 Å². The lowest BCUT2D eigenvalue weighted by molar-refractivity contribution is 0.0653. The van der Waals surface area contributed by atoms with Gasteiger partial charge in [0.1, 0.15) is 5.82 Å². The van der Waals surface area contributed by atoms with Gasteiger partial charge in [-0.3, -0.25) is 11.3 Å². The Labute approximate surface area is 106 Å². The van der Waals surface area contributed by atoms with Crippen molar-refractivity contribution in [3.8, 4) is 0 Å². The van der Waals surface area contributed by atoms with Crippen molar-refractivity contribution in [1.29, 1.82) is 0 Å². The number of nitrogens with one attached hydrogen (secondary N) is 1. The predicted molar refractivity (Wildman–Crippen MR) is 67.3 cm³/mol. The first kappa shape index (κ1) is 14.4. The number of halogens is 2. The zero-order valence-corrected chi connectivity index (χ0v) is 10.8. The largest absolute Gasteiger partial charge is 0.380 e. The third kappa shape index (κ3) is 3.64. The van der Waals surface area contributed by atoms with Gasteiger partial charge in [0.2, 0.25) is 0 Å². The van der Waals surface area contributed by atoms with Gasteiger partial charge in [-0.25, -0.2) is 4.39 Å². The summed E-state index contributed by atoms with van der Waals surface area (Å²) in [5.74, 6) is 5.08. The van der Waals surface area contributed by atoms with Gasteiger partial charge < -0.3 is 4.74 Å². The highest BCUT2D eigenvalue weighted by Crippen LogP contribution is 2.22. The zero-order valence-electron chi connectivity index (χ0n) is 10.0. The molecule has 0 aliphatic rings. The summed E-state index contributed by atoms with van der Waals surface area (Å²) in [6, 6.07) is 4.67. The van der Waals surface area contributed by atoms with E-state index in [4.69, 9.17) is 22.2 Å². The smallest absolute Gasteiger partial charge is 0.142 e. The zero-order chi connectivity index (χ0) is 12.8. The summed E-state index contributed by atoms with van der Waals surface area (Å²) in [4.78, 5) is 0. The third-order valence-electron chi connectivity index (χ3n) is 2.84. The monoisotopic (exact) mass is 260 g/mol. The Morgan fingerprint density at radius 2 is 2.24 bits per heavy atom. The standard InChI is InChI=1S/C12H18ClFN2O/c1-3-11(17-2)10(16-15)7-8-5-4-6-9(14)12(8)13/h4-6,10-11,16H,3,7,15H2,1-2H3. The summed E-state index contributed by atoms with van der Waals surface area (Å²) >= 11 is 5.90. The summed E-state index contributed by atoms with van der Waals surface area (Å²) < 4.78 is 18.6. The maximum absolute atomic E-state index is 13.3. The molecule has 0 aliphatic heterocycles. The molecule has 0 bridgehead atoms. The number of methoxy groups -OCH3 is 1. The minimum atomic E-state index is -0.412. The second-order valence-corrected chi connectivity index (χ2v) is 4.25. The maximum Gasteiger partial charge on any atom is 0.142 e. The Balaban J connectivity index is 2.83. The molecule has 0 spiro atoms. The Kier molecular flexibility index (Phi) is 5.85. The fraction of sp³-hybridized carbons (Fsp3) is 0.500. The summed E-state index contributed by atoms with van der Waals surface area (Å²) in [6.45, 7) is 2.01. The molecule has 0 radical (unpaired) electrons. The molecule has 0 saturated heterocycles. The van der Waals surface area contributed by atoms with Crippen molar-refractivity contribution in [2.45, 2.75) is 31.9 Å². The van der Waals surface area contributed by atoms with Crippen molar-refractivity contribution in [3.63, 3.8) is 0 Å². The Hall–Kier alpha value is -0.680. The second kappa shape index (κ2) is 6.91. The number of hydrogen-bond donors (Lipinski definition) is 2. The van der Waals surface area contributed by atoms with E-state index < -0.39 is 5.82 Å². The van der Waals surface area contributed by atoms with Gasteiger partial charge in [-0.05, 0) is 24.5 Å². The van der Waals surface area contributed by atoms with Gasteiger partial charge in [0.25, 0.3) is 0 Å². The minimum absolute atomic E-state index is 0.0284. The number of nitrogens with two attached hydrogens (primary N) is 1. The van der Waals surface area contributed by atoms with E-state index in [1.54, 1.807) is 19.2 Å². The van der Waals surface area contributed by atoms with Crippen LogP contribution in [0.3, 0.4) is 0 Å². The predicted octanol–water partition coefficient (Wildman–Crippen LogP) is 2.28. The summed E-state index contributed by atoms with van der Waals surface area (Å²) in [6.07, 6.45) is 1.32. The lowest BCUT2D eigenvalue weighted by Crippen LogP contribution is -2.46. The summed E-state index contributed by atoms with van der Waals surface area (Å²) in [5.41, 5.74) is 3.42. The topological polar surface area (TPSA) is 47.3 Å². The maximum atomic E-state index is 13.3. The van der Waals surface area contributed by atoms with Gasteiger partial charge in [0.05, 0.1) is 17.2 Å². The number of hydrazine groups is 1. The molecule has 2 atom stereocenters. The Morgan fingerprint density at radius 1 is 1.53 bits per heavy atom. The third-order valence-corrected chi connectivity index (χ3v) is 3.26. The molecule has 3 N–H and O–H groups in total. The molecule has 2 unspecified atom stereocenters. The molecule has 3 nitrogen and oxygen atoms in total. The van der Waals surface area contributed by atoms with Crippen molar-refractivity contribution in [1.82, 2.24) is 5.43 Å². The molecule has 1 rings (SSSR count). The van der Waals surface area contributed by atoms with E-state index in [9.17, 15) is 4.39 Å². The molecule has 96 valence electrons. The van der Waals surface area contributed by atoms with E-state index in [2.05, 4.69) is 5.43 Å². The lowest BCUT2D eigenvalue weighted by atomic mass is 10.00. The van der Waals surface area contributed by atoms with Gasteiger partial charge in [-0.1, -0.05) is 30.7 Å². The Morgan fingerprint density at radius 3 is 2.76 bits per heavy atom. The van der Waals surface area contributed by atoms with Crippen LogP contribution in [-0.4, -0.2) is 19.3 Å². The van der Waals surface area contributed by atoms with Crippen molar-refractivity contribution in [2.24, 2.45) is 5.84 Å². The highest BCUT2D eigenvalue weighted by Gasteiger charge is 2.20. The van der Waals surface area contributed by atoms with E-state index >= 15 is 0 Å². The van der Waals surface area contributed by atoms with Gasteiger partial charge in [0, 0.05) is 7.11 Å². The van der Waals surface area contributed by atoms with Crippen LogP contribution in [0.15, 0.2) is 18.2 Å². The van der Waals surface area contributed by atoms with Gasteiger partial charge in [-0.15, -0.1) is 0 Å². The highest BCUT2D eigenvalue weighted by atomic mass is 35.5. The van der Waals surface area contributed by atoms with Crippen LogP contribution >= 0.6 is 11.6 Å². The molecule has 0 heterocycles. The van der Waals surface area contributed by atoms with Crippen LogP contribution in [0, 0.1) is 5.82 Å². The molecule has 17 heavy (non-hydrogen) atoms. The molecule has 0 fully saturated rings. The SMILES string of the molecule is CCC(OC)C(Cc1cccc(F)c1Cl)NN. The fourth-order valence-corrected chi connectivity index (χ4v) is 2.06. The van der Waals surface area contributed by atoms with Crippen molar-refractivity contribution in [3.05, 3.63) is 34.6 Å². The molecule has 0 saturated carbocycles. The number of ether oxygens (including phenoxy) is 1. The Bertz CT molecular complexity index is 358. The normalized spacial score (nSPS) is 14.6. The van der Waals surface area contributed by atoms with E-state index in [0.29, 0.717) is 6.42 Å². The van der Waals surface area contributed by atoms with E-state index in [-0.39, 0.29) is 17.2 Å². The number of hydrogen-bond acceptors (Lipinski definition) is 3. The van der Waals surface area contributed by atoms with Crippen molar-refractivity contribution >= 4 is 11.6 Å². The first-order chi connectivity index (χ1) is 8.13. The van der Waals surface area contributed by atoms with Gasteiger partial charge in [-0.2, -0.15) is 0 Å². The van der Waals surface area contributed by atoms with Crippen LogP contribution in [-0.2, 0) is 11.2 Å². The first-order valence-electron chi connectivity index (χ1n) is 5.55. The average Bonchev–Trinajstić information content (AvgIpc) is 2.34. The first-order valence-corrected chi connectivity index (χ1v) is 5.93. The number of benzene rings is 1. The van der Waals surface area contributed by atoms with Crippen molar-refractivity contribution in [2.75, 3.05) is 7.11 Å². The molecule has 1 aromatic carbocycles. The molecule has 0 aromatic heterocycles. The van der Waals surface area contributed by atoms with Crippen LogP contribution in [0.1, 0.15) is 18.9 Å². The molecular weight excluding hydrogens is 243 g/mol. The summed E-state index contributed by atoms with van der Waals surface area (Å²) in [5, 5.41) is 0.152. The molecular formula is C12H18ClFN2O. The second-order valence-electron chi connectivity index (χ2n) is 3.87. The minimum Gasteiger partial charge on any atom is -0.380 e. The molecule has 0 aliphatic carbocycles. The highest BCUT2D eigenvalue weighted by molar-refractivity contribution is 6.31. The van der Waals surface area contributed by atoms with E-state index in [1.807, 2.05) is 6.92 Å². The average molecular weight is 261 g/mol. The van der Waals surface area contributed by atoms with Crippen LogP contribution < -0.4 is 11.3 Å². The van der Waals surface area contributed by atoms with Crippen LogP contribution in [0.5, 0.6) is 0 Å². The quantitative estimate of drug-likeness (QED) is 0.609. The molecule has 0 amide bonds.